The van der Waals surface area contributed by atoms with Gasteiger partial charge in [0.25, 0.3) is 0 Å². The predicted molar refractivity (Wildman–Crippen MR) is 68.8 cm³/mol. The summed E-state index contributed by atoms with van der Waals surface area (Å²) in [6.07, 6.45) is 4.35. The Bertz CT molecular complexity index is 341. The van der Waals surface area contributed by atoms with Crippen LogP contribution in [0, 0.1) is 5.92 Å². The van der Waals surface area contributed by atoms with E-state index >= 15 is 0 Å². The Morgan fingerprint density at radius 2 is 2.18 bits per heavy atom. The quantitative estimate of drug-likeness (QED) is 0.562. The summed E-state index contributed by atoms with van der Waals surface area (Å²) >= 11 is 0. The van der Waals surface area contributed by atoms with Crippen LogP contribution in [0.2, 0.25) is 0 Å². The largest absolute Gasteiger partial charge is 0.477 e. The van der Waals surface area contributed by atoms with E-state index in [0.29, 0.717) is 24.2 Å². The Labute approximate surface area is 103 Å². The highest BCUT2D eigenvalue weighted by Gasteiger charge is 2.11. The van der Waals surface area contributed by atoms with Gasteiger partial charge < -0.3 is 10.2 Å². The van der Waals surface area contributed by atoms with Gasteiger partial charge in [0.15, 0.2) is 0 Å². The summed E-state index contributed by atoms with van der Waals surface area (Å²) in [5.74, 6) is 7.36. The lowest BCUT2D eigenvalue weighted by atomic mass is 10.1. The molecule has 0 atom stereocenters. The first-order valence-electron chi connectivity index (χ1n) is 6.12. The van der Waals surface area contributed by atoms with Crippen LogP contribution in [0.5, 0.6) is 5.88 Å². The maximum absolute atomic E-state index is 5.70. The van der Waals surface area contributed by atoms with Gasteiger partial charge in [0.1, 0.15) is 12.1 Å². The SMILES string of the molecule is CCCc1c(NN)ncnc1OCCC(C)C. The highest BCUT2D eigenvalue weighted by atomic mass is 16.5. The van der Waals surface area contributed by atoms with Crippen molar-refractivity contribution in [3.05, 3.63) is 11.9 Å². The van der Waals surface area contributed by atoms with Crippen LogP contribution >= 0.6 is 0 Å². The van der Waals surface area contributed by atoms with Crippen molar-refractivity contribution in [1.82, 2.24) is 9.97 Å². The molecule has 0 aliphatic rings. The molecule has 17 heavy (non-hydrogen) atoms. The van der Waals surface area contributed by atoms with E-state index in [-0.39, 0.29) is 0 Å². The number of nitrogen functional groups attached to an aromatic ring is 1. The Hall–Kier alpha value is -1.36. The van der Waals surface area contributed by atoms with Gasteiger partial charge in [-0.15, -0.1) is 0 Å². The molecule has 0 unspecified atom stereocenters. The zero-order valence-electron chi connectivity index (χ0n) is 10.9. The number of nitrogens with zero attached hydrogens (tertiary/aromatic N) is 2. The zero-order valence-corrected chi connectivity index (χ0v) is 10.9. The van der Waals surface area contributed by atoms with Gasteiger partial charge in [-0.3, -0.25) is 0 Å². The van der Waals surface area contributed by atoms with Crippen LogP contribution in [0.3, 0.4) is 0 Å². The van der Waals surface area contributed by atoms with Crippen LogP contribution in [0.1, 0.15) is 39.2 Å². The fourth-order valence-corrected chi connectivity index (χ4v) is 1.51. The third-order valence-electron chi connectivity index (χ3n) is 2.48. The molecule has 0 saturated carbocycles. The number of hydrazine groups is 1. The molecule has 5 nitrogen and oxygen atoms in total. The Kier molecular flexibility index (Phi) is 5.69. The van der Waals surface area contributed by atoms with Crippen molar-refractivity contribution in [3.8, 4) is 5.88 Å². The highest BCUT2D eigenvalue weighted by molar-refractivity contribution is 5.47. The normalized spacial score (nSPS) is 10.6. The smallest absolute Gasteiger partial charge is 0.221 e. The van der Waals surface area contributed by atoms with Gasteiger partial charge in [-0.1, -0.05) is 27.2 Å². The fourth-order valence-electron chi connectivity index (χ4n) is 1.51. The molecule has 0 aliphatic heterocycles. The Morgan fingerprint density at radius 3 is 2.76 bits per heavy atom. The van der Waals surface area contributed by atoms with E-state index in [1.165, 1.54) is 6.33 Å². The van der Waals surface area contributed by atoms with E-state index in [0.717, 1.165) is 24.8 Å². The molecule has 0 aliphatic carbocycles. The minimum absolute atomic E-state index is 0.624. The van der Waals surface area contributed by atoms with Gasteiger partial charge in [0.2, 0.25) is 5.88 Å². The molecule has 3 N–H and O–H groups in total. The molecule has 0 spiro atoms. The molecule has 1 rings (SSSR count). The number of nitrogens with two attached hydrogens (primary N) is 1. The van der Waals surface area contributed by atoms with Crippen LogP contribution < -0.4 is 16.0 Å². The van der Waals surface area contributed by atoms with Crippen molar-refractivity contribution in [2.75, 3.05) is 12.0 Å². The van der Waals surface area contributed by atoms with E-state index in [9.17, 15) is 0 Å². The van der Waals surface area contributed by atoms with Crippen molar-refractivity contribution < 1.29 is 4.74 Å². The molecule has 0 amide bonds. The van der Waals surface area contributed by atoms with Gasteiger partial charge in [-0.2, -0.15) is 0 Å². The molecule has 96 valence electrons. The number of hydrogen-bond donors (Lipinski definition) is 2. The monoisotopic (exact) mass is 238 g/mol. The molecular formula is C12H22N4O. The van der Waals surface area contributed by atoms with E-state index in [1.807, 2.05) is 0 Å². The average Bonchev–Trinajstić information content (AvgIpc) is 2.30. The highest BCUT2D eigenvalue weighted by Crippen LogP contribution is 2.23. The van der Waals surface area contributed by atoms with Gasteiger partial charge in [-0.05, 0) is 18.8 Å². The van der Waals surface area contributed by atoms with Crippen molar-refractivity contribution in [3.63, 3.8) is 0 Å². The van der Waals surface area contributed by atoms with E-state index in [2.05, 4.69) is 36.2 Å². The van der Waals surface area contributed by atoms with Crippen LogP contribution in [-0.2, 0) is 6.42 Å². The minimum Gasteiger partial charge on any atom is -0.477 e. The molecule has 1 aromatic heterocycles. The van der Waals surface area contributed by atoms with Gasteiger partial charge in [0.05, 0.1) is 12.2 Å². The molecule has 0 bridgehead atoms. The first kappa shape index (κ1) is 13.7. The summed E-state index contributed by atoms with van der Waals surface area (Å²) in [7, 11) is 0. The molecule has 1 aromatic rings. The second-order valence-electron chi connectivity index (χ2n) is 4.43. The van der Waals surface area contributed by atoms with E-state index in [1.54, 1.807) is 0 Å². The maximum atomic E-state index is 5.70. The van der Waals surface area contributed by atoms with Crippen molar-refractivity contribution in [2.24, 2.45) is 11.8 Å². The maximum Gasteiger partial charge on any atom is 0.221 e. The lowest BCUT2D eigenvalue weighted by Gasteiger charge is -2.13. The first-order chi connectivity index (χ1) is 8.19. The van der Waals surface area contributed by atoms with Crippen LogP contribution in [0.15, 0.2) is 6.33 Å². The summed E-state index contributed by atoms with van der Waals surface area (Å²) in [6.45, 7) is 7.12. The van der Waals surface area contributed by atoms with E-state index in [4.69, 9.17) is 10.6 Å². The Morgan fingerprint density at radius 1 is 1.41 bits per heavy atom. The summed E-state index contributed by atoms with van der Waals surface area (Å²) in [5.41, 5.74) is 3.55. The Balaban J connectivity index is 2.75. The summed E-state index contributed by atoms with van der Waals surface area (Å²) in [5, 5.41) is 0. The second kappa shape index (κ2) is 7.06. The van der Waals surface area contributed by atoms with Crippen LogP contribution in [-0.4, -0.2) is 16.6 Å². The molecule has 0 aromatic carbocycles. The number of anilines is 1. The van der Waals surface area contributed by atoms with Gasteiger partial charge >= 0.3 is 0 Å². The van der Waals surface area contributed by atoms with Gasteiger partial charge in [-0.25, -0.2) is 15.8 Å². The predicted octanol–water partition coefficient (Wildman–Crippen LogP) is 2.14. The average molecular weight is 238 g/mol. The molecule has 0 saturated heterocycles. The summed E-state index contributed by atoms with van der Waals surface area (Å²) in [6, 6.07) is 0. The third-order valence-corrected chi connectivity index (χ3v) is 2.48. The molecule has 5 heteroatoms. The lowest BCUT2D eigenvalue weighted by Crippen LogP contribution is -2.13. The van der Waals surface area contributed by atoms with Crippen LogP contribution in [0.4, 0.5) is 5.82 Å². The molecule has 1 heterocycles. The van der Waals surface area contributed by atoms with E-state index < -0.39 is 0 Å². The number of nitrogens with one attached hydrogen (secondary N) is 1. The minimum atomic E-state index is 0.624. The molecule has 0 radical (unpaired) electrons. The summed E-state index contributed by atoms with van der Waals surface area (Å²) < 4.78 is 5.70. The third kappa shape index (κ3) is 4.19. The number of aromatic nitrogens is 2. The summed E-state index contributed by atoms with van der Waals surface area (Å²) in [4.78, 5) is 8.27. The zero-order chi connectivity index (χ0) is 12.7. The van der Waals surface area contributed by atoms with Crippen molar-refractivity contribution in [1.29, 1.82) is 0 Å². The number of rotatable bonds is 7. The van der Waals surface area contributed by atoms with Gasteiger partial charge in [0, 0.05) is 0 Å². The lowest BCUT2D eigenvalue weighted by molar-refractivity contribution is 0.276. The standard InChI is InChI=1S/C12H22N4O/c1-4-5-10-11(16-13)14-8-15-12(10)17-7-6-9(2)3/h8-9H,4-7,13H2,1-3H3,(H,14,15,16). The fraction of sp³-hybridized carbons (Fsp3) is 0.667. The van der Waals surface area contributed by atoms with Crippen LogP contribution in [0.25, 0.3) is 0 Å². The van der Waals surface area contributed by atoms with Crippen molar-refractivity contribution in [2.45, 2.75) is 40.0 Å². The number of hydrogen-bond acceptors (Lipinski definition) is 5. The molecular weight excluding hydrogens is 216 g/mol. The molecule has 0 fully saturated rings. The second-order valence-corrected chi connectivity index (χ2v) is 4.43. The van der Waals surface area contributed by atoms with Crippen molar-refractivity contribution >= 4 is 5.82 Å². The topological polar surface area (TPSA) is 73.1 Å². The first-order valence-corrected chi connectivity index (χ1v) is 6.12. The number of ether oxygens (including phenoxy) is 1.